The number of amides is 1. The number of phosphoric acid groups is 1. The third kappa shape index (κ3) is 40.7. The van der Waals surface area contributed by atoms with E-state index in [1.807, 2.05) is 27.2 Å². The van der Waals surface area contributed by atoms with E-state index in [2.05, 4.69) is 43.5 Å². The van der Waals surface area contributed by atoms with Crippen molar-refractivity contribution in [3.8, 4) is 0 Å². The molecule has 0 bridgehead atoms. The summed E-state index contributed by atoms with van der Waals surface area (Å²) in [5.74, 6) is -0.210. The molecule has 0 rings (SSSR count). The van der Waals surface area contributed by atoms with Gasteiger partial charge >= 0.3 is 0 Å². The number of unbranched alkanes of at least 4 members (excludes halogenated alkanes) is 25. The van der Waals surface area contributed by atoms with Crippen LogP contribution in [0.15, 0.2) is 36.5 Å². The Hall–Kier alpha value is -1.28. The van der Waals surface area contributed by atoms with Gasteiger partial charge in [0, 0.05) is 6.42 Å². The molecular formula is C46H89N2O6P. The zero-order valence-corrected chi connectivity index (χ0v) is 37.5. The maximum atomic E-state index is 12.8. The van der Waals surface area contributed by atoms with Crippen LogP contribution in [0.25, 0.3) is 0 Å². The van der Waals surface area contributed by atoms with Gasteiger partial charge in [-0.05, 0) is 44.9 Å². The predicted molar refractivity (Wildman–Crippen MR) is 233 cm³/mol. The molecule has 0 radical (unpaired) electrons. The molecule has 0 aromatic carbocycles. The Morgan fingerprint density at radius 2 is 1.04 bits per heavy atom. The maximum absolute atomic E-state index is 12.8. The van der Waals surface area contributed by atoms with Crippen LogP contribution in [0.3, 0.4) is 0 Å². The zero-order valence-electron chi connectivity index (χ0n) is 36.6. The van der Waals surface area contributed by atoms with E-state index in [0.717, 1.165) is 57.8 Å². The number of hydrogen-bond donors (Lipinski definition) is 2. The fourth-order valence-corrected chi connectivity index (χ4v) is 7.16. The van der Waals surface area contributed by atoms with E-state index in [1.165, 1.54) is 122 Å². The normalized spacial score (nSPS) is 14.7. The topological polar surface area (TPSA) is 108 Å². The lowest BCUT2D eigenvalue weighted by atomic mass is 10.0. The van der Waals surface area contributed by atoms with Crippen LogP contribution in [-0.2, 0) is 18.4 Å². The molecule has 1 amide bonds. The van der Waals surface area contributed by atoms with Crippen molar-refractivity contribution >= 4 is 13.7 Å². The minimum absolute atomic E-state index is 0.00366. The first-order valence-electron chi connectivity index (χ1n) is 22.9. The van der Waals surface area contributed by atoms with Crippen LogP contribution >= 0.6 is 7.82 Å². The highest BCUT2D eigenvalue weighted by Crippen LogP contribution is 2.38. The summed E-state index contributed by atoms with van der Waals surface area (Å²) < 4.78 is 23.2. The van der Waals surface area contributed by atoms with Gasteiger partial charge in [0.05, 0.1) is 39.9 Å². The molecule has 0 aliphatic heterocycles. The number of carbonyl (C=O) groups is 1. The summed E-state index contributed by atoms with van der Waals surface area (Å²) in [6, 6.07) is -0.891. The van der Waals surface area contributed by atoms with Gasteiger partial charge < -0.3 is 28.8 Å². The van der Waals surface area contributed by atoms with E-state index < -0.39 is 20.0 Å². The van der Waals surface area contributed by atoms with Gasteiger partial charge in [-0.2, -0.15) is 0 Å². The fourth-order valence-electron chi connectivity index (χ4n) is 6.44. The molecule has 324 valence electrons. The van der Waals surface area contributed by atoms with Gasteiger partial charge in [0.25, 0.3) is 7.82 Å². The first-order valence-corrected chi connectivity index (χ1v) is 24.3. The Kier molecular flexibility index (Phi) is 37.4. The largest absolute Gasteiger partial charge is 0.756 e. The summed E-state index contributed by atoms with van der Waals surface area (Å²) >= 11 is 0. The number of quaternary nitrogens is 1. The maximum Gasteiger partial charge on any atom is 0.268 e. The van der Waals surface area contributed by atoms with Crippen molar-refractivity contribution in [1.29, 1.82) is 0 Å². The van der Waals surface area contributed by atoms with Crippen molar-refractivity contribution in [2.75, 3.05) is 40.9 Å². The molecule has 0 spiro atoms. The van der Waals surface area contributed by atoms with Gasteiger partial charge in [0.1, 0.15) is 13.2 Å². The molecule has 0 aliphatic rings. The number of carbonyl (C=O) groups excluding carboxylic acids is 1. The van der Waals surface area contributed by atoms with E-state index in [-0.39, 0.29) is 19.1 Å². The lowest BCUT2D eigenvalue weighted by molar-refractivity contribution is -0.870. The number of rotatable bonds is 41. The van der Waals surface area contributed by atoms with Crippen LogP contribution in [0.1, 0.15) is 200 Å². The minimum atomic E-state index is -4.59. The highest BCUT2D eigenvalue weighted by molar-refractivity contribution is 7.45. The Balaban J connectivity index is 4.43. The summed E-state index contributed by atoms with van der Waals surface area (Å²) in [5.41, 5.74) is 0. The first kappa shape index (κ1) is 53.7. The molecule has 2 N–H and O–H groups in total. The second kappa shape index (κ2) is 38.2. The van der Waals surface area contributed by atoms with Crippen LogP contribution in [0.5, 0.6) is 0 Å². The quantitative estimate of drug-likeness (QED) is 0.0210. The molecule has 0 fully saturated rings. The van der Waals surface area contributed by atoms with Crippen LogP contribution in [0.2, 0.25) is 0 Å². The van der Waals surface area contributed by atoms with Crippen LogP contribution in [-0.4, -0.2) is 68.5 Å². The highest BCUT2D eigenvalue weighted by atomic mass is 31.2. The van der Waals surface area contributed by atoms with E-state index in [0.29, 0.717) is 17.4 Å². The van der Waals surface area contributed by atoms with Crippen LogP contribution < -0.4 is 10.2 Å². The van der Waals surface area contributed by atoms with Gasteiger partial charge in [-0.1, -0.05) is 185 Å². The van der Waals surface area contributed by atoms with E-state index in [1.54, 1.807) is 6.08 Å². The Bertz CT molecular complexity index is 995. The Morgan fingerprint density at radius 1 is 0.636 bits per heavy atom. The number of phosphoric ester groups is 1. The number of allylic oxidation sites excluding steroid dienone is 5. The summed E-state index contributed by atoms with van der Waals surface area (Å²) in [4.78, 5) is 25.3. The first-order chi connectivity index (χ1) is 26.5. The minimum Gasteiger partial charge on any atom is -0.756 e. The third-order valence-electron chi connectivity index (χ3n) is 10.1. The van der Waals surface area contributed by atoms with Gasteiger partial charge in [-0.15, -0.1) is 0 Å². The van der Waals surface area contributed by atoms with Crippen LogP contribution in [0.4, 0.5) is 0 Å². The smallest absolute Gasteiger partial charge is 0.268 e. The van der Waals surface area contributed by atoms with Gasteiger partial charge in [0.15, 0.2) is 0 Å². The van der Waals surface area contributed by atoms with Crippen molar-refractivity contribution < 1.29 is 32.9 Å². The molecule has 0 heterocycles. The number of likely N-dealkylation sites (N-methyl/N-ethyl adjacent to an activating group) is 1. The van der Waals surface area contributed by atoms with Crippen molar-refractivity contribution in [2.24, 2.45) is 0 Å². The molecule has 3 atom stereocenters. The number of aliphatic hydroxyl groups excluding tert-OH is 1. The van der Waals surface area contributed by atoms with E-state index >= 15 is 0 Å². The average Bonchev–Trinajstić information content (AvgIpc) is 3.13. The summed E-state index contributed by atoms with van der Waals surface area (Å²) in [5, 5.41) is 13.8. The molecule has 0 saturated carbocycles. The molecule has 0 aliphatic carbocycles. The van der Waals surface area contributed by atoms with Gasteiger partial charge in [-0.3, -0.25) is 9.36 Å². The summed E-state index contributed by atoms with van der Waals surface area (Å²) in [6.45, 7) is 4.61. The standard InChI is InChI=1S/C46H89N2O6P/c1-6-8-10-12-14-16-18-20-22-23-24-26-27-29-31-33-35-37-39-45(49)44(43-54-55(51,52)53-42-41-48(3,4)5)47-46(50)40-38-36-34-32-30-28-25-21-19-17-15-13-11-9-7-2/h15,17,19,21,37,39,44-45,49H,6-14,16,18,20,22-36,38,40-43H2,1-5H3,(H-,47,50,51,52)/b17-15-,21-19-,39-37+. The van der Waals surface area contributed by atoms with Crippen LogP contribution in [0, 0.1) is 0 Å². The zero-order chi connectivity index (χ0) is 40.7. The second-order valence-electron chi connectivity index (χ2n) is 16.8. The monoisotopic (exact) mass is 797 g/mol. The lowest BCUT2D eigenvalue weighted by Gasteiger charge is -2.29. The Labute approximate surface area is 340 Å². The van der Waals surface area contributed by atoms with E-state index in [9.17, 15) is 19.4 Å². The molecule has 0 aromatic rings. The SMILES string of the molecule is CCCCC/C=C\C=C/CCCCCCCCC(=O)NC(COP(=O)([O-])OCC[N+](C)(C)C)C(O)/C=C/CCCCCCCCCCCCCCCCCC. The molecule has 0 aromatic heterocycles. The molecule has 55 heavy (non-hydrogen) atoms. The van der Waals surface area contributed by atoms with Crippen molar-refractivity contribution in [1.82, 2.24) is 5.32 Å². The van der Waals surface area contributed by atoms with E-state index in [4.69, 9.17) is 9.05 Å². The molecule has 3 unspecified atom stereocenters. The van der Waals surface area contributed by atoms with Crippen molar-refractivity contribution in [3.05, 3.63) is 36.5 Å². The average molecular weight is 797 g/mol. The number of aliphatic hydroxyl groups is 1. The Morgan fingerprint density at radius 3 is 1.51 bits per heavy atom. The fraction of sp³-hybridized carbons (Fsp3) is 0.848. The lowest BCUT2D eigenvalue weighted by Crippen LogP contribution is -2.45. The summed E-state index contributed by atoms with van der Waals surface area (Å²) in [7, 11) is 1.25. The molecule has 8 nitrogen and oxygen atoms in total. The third-order valence-corrected chi connectivity index (χ3v) is 11.1. The summed E-state index contributed by atoms with van der Waals surface area (Å²) in [6.07, 6.45) is 46.1. The van der Waals surface area contributed by atoms with Crippen molar-refractivity contribution in [2.45, 2.75) is 212 Å². The molecular weight excluding hydrogens is 707 g/mol. The predicted octanol–water partition coefficient (Wildman–Crippen LogP) is 12.1. The highest BCUT2D eigenvalue weighted by Gasteiger charge is 2.23. The number of nitrogens with zero attached hydrogens (tertiary/aromatic N) is 1. The number of nitrogens with one attached hydrogen (secondary N) is 1. The molecule has 9 heteroatoms. The second-order valence-corrected chi connectivity index (χ2v) is 18.2. The number of hydrogen-bond acceptors (Lipinski definition) is 6. The molecule has 0 saturated heterocycles. The van der Waals surface area contributed by atoms with Gasteiger partial charge in [0.2, 0.25) is 5.91 Å². The van der Waals surface area contributed by atoms with Crippen molar-refractivity contribution in [3.63, 3.8) is 0 Å². The van der Waals surface area contributed by atoms with Gasteiger partial charge in [-0.25, -0.2) is 0 Å².